The normalized spacial score (nSPS) is 10.8. The predicted molar refractivity (Wildman–Crippen MR) is 204 cm³/mol. The van der Waals surface area contributed by atoms with Crippen molar-refractivity contribution in [3.63, 3.8) is 0 Å². The molecule has 2 aromatic carbocycles. The molecule has 5 heterocycles. The van der Waals surface area contributed by atoms with Gasteiger partial charge in [-0.25, -0.2) is 14.8 Å². The molecule has 0 bridgehead atoms. The molecule has 0 aliphatic heterocycles. The Hall–Kier alpha value is -5.93. The summed E-state index contributed by atoms with van der Waals surface area (Å²) >= 11 is 2.46. The number of pyridine rings is 2. The Morgan fingerprint density at radius 2 is 1.20 bits per heavy atom. The molecule has 0 aliphatic carbocycles. The maximum absolute atomic E-state index is 12.1. The van der Waals surface area contributed by atoms with E-state index in [0.29, 0.717) is 53.4 Å². The molecule has 51 heavy (non-hydrogen) atoms. The minimum Gasteiger partial charge on any atom is -0.493 e. The zero-order valence-electron chi connectivity index (χ0n) is 27.8. The molecule has 6 N–H and O–H groups in total. The van der Waals surface area contributed by atoms with E-state index in [2.05, 4.69) is 15.0 Å². The number of rotatable bonds is 7. The molecule has 13 nitrogen and oxygen atoms in total. The standard InChI is InChI=1S/C18H15N3O4S.C17H17N3O3S.CH4/c1-8-6-10(9-4-5-11(24-2)12(7-9)25-3)19-17-13(8)14-15(26-17)16(22)21-18(23)20-14;1-8-6-10(9-4-5-11(22-2)12(7-9)23-3)20-17-13(8)14(18)15(24-17)16(19)21;/h4-7H,1-3H3,(H2,20,21,22,23);4-7H,18H2,1-3H3,(H2,19,21);1H4. The smallest absolute Gasteiger partial charge is 0.326 e. The lowest BCUT2D eigenvalue weighted by Gasteiger charge is -2.10. The largest absolute Gasteiger partial charge is 0.493 e. The molecule has 0 spiro atoms. The predicted octanol–water partition coefficient (Wildman–Crippen LogP) is 6.42. The molecule has 264 valence electrons. The van der Waals surface area contributed by atoms with Crippen molar-refractivity contribution in [2.24, 2.45) is 5.73 Å². The zero-order valence-corrected chi connectivity index (χ0v) is 29.5. The minimum absolute atomic E-state index is 0. The summed E-state index contributed by atoms with van der Waals surface area (Å²) < 4.78 is 21.7. The van der Waals surface area contributed by atoms with Crippen LogP contribution in [-0.4, -0.2) is 54.3 Å². The van der Waals surface area contributed by atoms with Crippen LogP contribution in [0.2, 0.25) is 0 Å². The Morgan fingerprint density at radius 1 is 0.706 bits per heavy atom. The van der Waals surface area contributed by atoms with Crippen LogP contribution in [0.25, 0.3) is 53.2 Å². The summed E-state index contributed by atoms with van der Waals surface area (Å²) in [4.78, 5) is 51.2. The van der Waals surface area contributed by atoms with Crippen molar-refractivity contribution < 1.29 is 23.7 Å². The maximum Gasteiger partial charge on any atom is 0.326 e. The van der Waals surface area contributed by atoms with Gasteiger partial charge in [-0.1, -0.05) is 7.43 Å². The maximum atomic E-state index is 12.1. The second kappa shape index (κ2) is 14.5. The highest BCUT2D eigenvalue weighted by molar-refractivity contribution is 7.25. The molecular formula is C36H36N6O7S2. The average molecular weight is 729 g/mol. The Balaban J connectivity index is 0.000000195. The number of aromatic amines is 2. The third-order valence-electron chi connectivity index (χ3n) is 8.01. The third-order valence-corrected chi connectivity index (χ3v) is 10.2. The third kappa shape index (κ3) is 6.68. The van der Waals surface area contributed by atoms with Gasteiger partial charge in [0.2, 0.25) is 0 Å². The van der Waals surface area contributed by atoms with Gasteiger partial charge < -0.3 is 35.4 Å². The number of amides is 1. The van der Waals surface area contributed by atoms with Gasteiger partial charge in [-0.05, 0) is 73.5 Å². The fraction of sp³-hybridized carbons (Fsp3) is 0.194. The number of primary amides is 1. The minimum atomic E-state index is -0.539. The van der Waals surface area contributed by atoms with Crippen molar-refractivity contribution in [2.45, 2.75) is 21.3 Å². The number of nitrogens with zero attached hydrogens (tertiary/aromatic N) is 2. The molecule has 0 aliphatic rings. The van der Waals surface area contributed by atoms with Crippen LogP contribution < -0.4 is 41.7 Å². The van der Waals surface area contributed by atoms with Crippen LogP contribution in [0.1, 0.15) is 28.2 Å². The molecule has 7 aromatic rings. The van der Waals surface area contributed by atoms with Gasteiger partial charge in [-0.2, -0.15) is 0 Å². The van der Waals surface area contributed by atoms with Crippen LogP contribution in [0, 0.1) is 13.8 Å². The second-order valence-corrected chi connectivity index (χ2v) is 13.1. The number of anilines is 1. The van der Waals surface area contributed by atoms with Gasteiger partial charge in [-0.3, -0.25) is 14.6 Å². The highest BCUT2D eigenvalue weighted by Crippen LogP contribution is 2.39. The van der Waals surface area contributed by atoms with Crippen LogP contribution in [0.4, 0.5) is 5.69 Å². The van der Waals surface area contributed by atoms with Crippen molar-refractivity contribution in [3.05, 3.63) is 85.4 Å². The first-order valence-corrected chi connectivity index (χ1v) is 16.6. The fourth-order valence-electron chi connectivity index (χ4n) is 5.65. The quantitative estimate of drug-likeness (QED) is 0.142. The highest BCUT2D eigenvalue weighted by atomic mass is 32.1. The van der Waals surface area contributed by atoms with E-state index in [1.807, 2.05) is 62.4 Å². The fourth-order valence-corrected chi connectivity index (χ4v) is 7.77. The number of thiophene rings is 2. The van der Waals surface area contributed by atoms with E-state index >= 15 is 0 Å². The summed E-state index contributed by atoms with van der Waals surface area (Å²) in [5.41, 5.74) is 16.5. The number of aromatic nitrogens is 4. The van der Waals surface area contributed by atoms with E-state index in [-0.39, 0.29) is 7.43 Å². The highest BCUT2D eigenvalue weighted by Gasteiger charge is 2.19. The van der Waals surface area contributed by atoms with Crippen molar-refractivity contribution in [1.29, 1.82) is 0 Å². The number of nitrogens with two attached hydrogens (primary N) is 2. The van der Waals surface area contributed by atoms with Gasteiger partial charge in [0.25, 0.3) is 11.5 Å². The SMILES string of the molecule is C.COc1ccc(-c2cc(C)c3c(N)c(C(N)=O)sc3n2)cc1OC.COc1ccc(-c2cc(C)c3c(n2)sc2c(=O)[nH]c(=O)[nH]c23)cc1OC. The summed E-state index contributed by atoms with van der Waals surface area (Å²) in [6.45, 7) is 3.86. The Kier molecular flexibility index (Phi) is 10.3. The van der Waals surface area contributed by atoms with E-state index < -0.39 is 17.2 Å². The second-order valence-electron chi connectivity index (χ2n) is 11.1. The van der Waals surface area contributed by atoms with E-state index in [9.17, 15) is 14.4 Å². The number of methoxy groups -OCH3 is 4. The number of carbonyl (C=O) groups is 1. The first-order chi connectivity index (χ1) is 24.0. The number of nitrogen functional groups attached to an aromatic ring is 1. The van der Waals surface area contributed by atoms with Gasteiger partial charge in [0.15, 0.2) is 23.0 Å². The van der Waals surface area contributed by atoms with Gasteiger partial charge in [0.1, 0.15) is 19.2 Å². The van der Waals surface area contributed by atoms with Crippen LogP contribution in [0.5, 0.6) is 23.0 Å². The van der Waals surface area contributed by atoms with Gasteiger partial charge in [-0.15, -0.1) is 22.7 Å². The number of nitrogens with one attached hydrogen (secondary N) is 2. The molecule has 0 unspecified atom stereocenters. The number of hydrogen-bond acceptors (Lipinski definition) is 12. The molecule has 0 radical (unpaired) electrons. The lowest BCUT2D eigenvalue weighted by atomic mass is 10.1. The van der Waals surface area contributed by atoms with E-state index in [1.54, 1.807) is 28.4 Å². The lowest BCUT2D eigenvalue weighted by Crippen LogP contribution is -2.20. The van der Waals surface area contributed by atoms with E-state index in [4.69, 9.17) is 35.4 Å². The topological polar surface area (TPSA) is 198 Å². The summed E-state index contributed by atoms with van der Waals surface area (Å²) in [5.74, 6) is 1.98. The summed E-state index contributed by atoms with van der Waals surface area (Å²) in [5, 5.41) is 1.57. The van der Waals surface area contributed by atoms with Crippen molar-refractivity contribution in [2.75, 3.05) is 34.2 Å². The van der Waals surface area contributed by atoms with Gasteiger partial charge >= 0.3 is 5.69 Å². The van der Waals surface area contributed by atoms with E-state index in [1.165, 1.54) is 22.7 Å². The van der Waals surface area contributed by atoms with Gasteiger partial charge in [0.05, 0.1) is 51.0 Å². The van der Waals surface area contributed by atoms with Crippen molar-refractivity contribution in [3.8, 4) is 45.5 Å². The molecule has 15 heteroatoms. The number of benzene rings is 2. The molecule has 0 saturated carbocycles. The number of ether oxygens (including phenoxy) is 4. The molecule has 5 aromatic heterocycles. The first kappa shape index (κ1) is 36.4. The Labute approximate surface area is 299 Å². The first-order valence-electron chi connectivity index (χ1n) is 15.0. The summed E-state index contributed by atoms with van der Waals surface area (Å²) in [6.07, 6.45) is 0. The van der Waals surface area contributed by atoms with Crippen molar-refractivity contribution >= 4 is 64.9 Å². The van der Waals surface area contributed by atoms with Crippen LogP contribution in [0.3, 0.4) is 0 Å². The van der Waals surface area contributed by atoms with E-state index in [0.717, 1.165) is 44.4 Å². The number of hydrogen-bond donors (Lipinski definition) is 4. The monoisotopic (exact) mass is 728 g/mol. The zero-order chi connectivity index (χ0) is 35.9. The molecule has 1 amide bonds. The lowest BCUT2D eigenvalue weighted by molar-refractivity contribution is 0.100. The van der Waals surface area contributed by atoms with Crippen molar-refractivity contribution in [1.82, 2.24) is 19.9 Å². The summed E-state index contributed by atoms with van der Waals surface area (Å²) in [7, 11) is 6.34. The van der Waals surface area contributed by atoms with Gasteiger partial charge in [0, 0.05) is 21.9 Å². The number of carbonyl (C=O) groups excluding carboxylic acids is 1. The number of H-pyrrole nitrogens is 2. The number of aryl methyl sites for hydroxylation is 2. The average Bonchev–Trinajstić information content (AvgIpc) is 3.66. The van der Waals surface area contributed by atoms with Crippen LogP contribution >= 0.6 is 22.7 Å². The Bertz CT molecular complexity index is 2570. The van der Waals surface area contributed by atoms with Crippen LogP contribution in [-0.2, 0) is 0 Å². The summed E-state index contributed by atoms with van der Waals surface area (Å²) in [6, 6.07) is 15.0. The molecule has 7 rings (SSSR count). The molecule has 0 atom stereocenters. The Morgan fingerprint density at radius 3 is 1.69 bits per heavy atom. The molecular weight excluding hydrogens is 693 g/mol. The molecule has 0 saturated heterocycles. The molecule has 0 fully saturated rings. The number of fused-ring (bicyclic) bond motifs is 4. The van der Waals surface area contributed by atoms with Crippen LogP contribution in [0.15, 0.2) is 58.1 Å².